The van der Waals surface area contributed by atoms with Gasteiger partial charge in [-0.1, -0.05) is 49.5 Å². The molecule has 1 aliphatic rings. The smallest absolute Gasteiger partial charge is 0.119 e. The van der Waals surface area contributed by atoms with E-state index in [0.29, 0.717) is 6.42 Å². The fourth-order valence-electron chi connectivity index (χ4n) is 5.24. The van der Waals surface area contributed by atoms with Crippen LogP contribution in [0.15, 0.2) is 41.1 Å². The lowest BCUT2D eigenvalue weighted by atomic mass is 9.58. The fourth-order valence-corrected chi connectivity index (χ4v) is 7.83. The van der Waals surface area contributed by atoms with E-state index in [1.54, 1.807) is 19.2 Å². The van der Waals surface area contributed by atoms with Crippen molar-refractivity contribution in [2.75, 3.05) is 7.11 Å². The van der Waals surface area contributed by atoms with Gasteiger partial charge in [-0.3, -0.25) is 0 Å². The summed E-state index contributed by atoms with van der Waals surface area (Å²) in [5.41, 5.74) is 1.23. The van der Waals surface area contributed by atoms with Gasteiger partial charge < -0.3 is 14.9 Å². The van der Waals surface area contributed by atoms with E-state index >= 15 is 0 Å². The van der Waals surface area contributed by atoms with Gasteiger partial charge in [-0.15, -0.1) is 0 Å². The summed E-state index contributed by atoms with van der Waals surface area (Å²) in [6.07, 6.45) is 8.05. The van der Waals surface area contributed by atoms with Gasteiger partial charge in [0, 0.05) is 5.92 Å². The predicted molar refractivity (Wildman–Crippen MR) is 125 cm³/mol. The van der Waals surface area contributed by atoms with Gasteiger partial charge in [0.2, 0.25) is 0 Å². The molecule has 0 radical (unpaired) electrons. The molecule has 0 unspecified atom stereocenters. The Labute approximate surface area is 178 Å². The van der Waals surface area contributed by atoms with Crippen molar-refractivity contribution in [3.63, 3.8) is 0 Å². The third-order valence-electron chi connectivity index (χ3n) is 6.62. The van der Waals surface area contributed by atoms with E-state index < -0.39 is 13.7 Å². The van der Waals surface area contributed by atoms with Gasteiger partial charge in [0.15, 0.2) is 0 Å². The number of rotatable bonds is 6. The number of aliphatic hydroxyl groups is 1. The lowest BCUT2D eigenvalue weighted by Crippen LogP contribution is -2.53. The van der Waals surface area contributed by atoms with Crippen molar-refractivity contribution in [1.82, 2.24) is 0 Å². The summed E-state index contributed by atoms with van der Waals surface area (Å²) in [4.78, 5) is 0. The van der Waals surface area contributed by atoms with Crippen LogP contribution >= 0.6 is 0 Å². The van der Waals surface area contributed by atoms with Crippen molar-refractivity contribution < 1.29 is 14.9 Å². The second-order valence-corrected chi connectivity index (χ2v) is 15.5. The van der Waals surface area contributed by atoms with Crippen LogP contribution in [0.1, 0.15) is 52.5 Å². The number of allylic oxidation sites excluding steroid dienone is 4. The molecule has 0 heterocycles. The first-order valence-corrected chi connectivity index (χ1v) is 14.3. The van der Waals surface area contributed by atoms with Crippen LogP contribution in [0.25, 0.3) is 0 Å². The van der Waals surface area contributed by atoms with Gasteiger partial charge in [-0.25, -0.2) is 0 Å². The molecule has 1 fully saturated rings. The molecular weight excluding hydrogens is 376 g/mol. The predicted octanol–water partition coefficient (Wildman–Crippen LogP) is 6.27. The van der Waals surface area contributed by atoms with Gasteiger partial charge in [-0.2, -0.15) is 0 Å². The Morgan fingerprint density at radius 2 is 1.83 bits per heavy atom. The molecule has 4 heteroatoms. The van der Waals surface area contributed by atoms with Crippen LogP contribution in [0.4, 0.5) is 0 Å². The maximum Gasteiger partial charge on any atom is 0.119 e. The Morgan fingerprint density at radius 3 is 2.38 bits per heavy atom. The van der Waals surface area contributed by atoms with E-state index in [1.807, 2.05) is 13.0 Å². The average Bonchev–Trinajstić information content (AvgIpc) is 2.58. The zero-order valence-corrected chi connectivity index (χ0v) is 20.6. The van der Waals surface area contributed by atoms with Gasteiger partial charge in [0.25, 0.3) is 0 Å². The van der Waals surface area contributed by atoms with Gasteiger partial charge in [-0.05, 0) is 75.6 Å². The molecule has 0 aliphatic heterocycles. The van der Waals surface area contributed by atoms with Crippen LogP contribution in [0, 0.1) is 11.3 Å². The average molecular weight is 417 g/mol. The molecule has 0 saturated heterocycles. The van der Waals surface area contributed by atoms with Gasteiger partial charge >= 0.3 is 0 Å². The molecule has 0 aromatic heterocycles. The number of aromatic hydroxyl groups is 1. The van der Waals surface area contributed by atoms with Crippen LogP contribution in [0.3, 0.4) is 0 Å². The first-order chi connectivity index (χ1) is 13.3. The minimum absolute atomic E-state index is 0.0188. The Hall–Kier alpha value is -1.52. The van der Waals surface area contributed by atoms with E-state index in [9.17, 15) is 10.2 Å². The van der Waals surface area contributed by atoms with Gasteiger partial charge in [0.1, 0.15) is 11.5 Å². The molecule has 2 rings (SSSR count). The molecule has 0 bridgehead atoms. The van der Waals surface area contributed by atoms with Crippen molar-refractivity contribution in [1.29, 1.82) is 0 Å². The lowest BCUT2D eigenvalue weighted by Gasteiger charge is -2.53. The SMILES string of the molecule is COc1ccc(O)c(C[C@H]2[C@](C)(/C(=C/C=C(C)C)[Si](C)(C)C)CCC[C@@]2(C)O)c1. The monoisotopic (exact) mass is 416 g/mol. The highest BCUT2D eigenvalue weighted by Gasteiger charge is 2.51. The quantitative estimate of drug-likeness (QED) is 0.424. The summed E-state index contributed by atoms with van der Waals surface area (Å²) in [7, 11) is -0.00656. The zero-order chi connectivity index (χ0) is 22.0. The maximum absolute atomic E-state index is 11.5. The highest BCUT2D eigenvalue weighted by atomic mass is 28.3. The Kier molecular flexibility index (Phi) is 7.12. The molecule has 0 spiro atoms. The van der Waals surface area contributed by atoms with Crippen molar-refractivity contribution >= 4 is 8.07 Å². The first-order valence-electron chi connectivity index (χ1n) is 10.8. The summed E-state index contributed by atoms with van der Waals surface area (Å²) in [5.74, 6) is 1.03. The summed E-state index contributed by atoms with van der Waals surface area (Å²) in [5, 5.41) is 23.5. The Bertz CT molecular complexity index is 782. The van der Waals surface area contributed by atoms with E-state index in [4.69, 9.17) is 4.74 Å². The highest BCUT2D eigenvalue weighted by Crippen LogP contribution is 2.54. The largest absolute Gasteiger partial charge is 0.508 e. The topological polar surface area (TPSA) is 49.7 Å². The second-order valence-electron chi connectivity index (χ2n) is 10.5. The first kappa shape index (κ1) is 23.8. The van der Waals surface area contributed by atoms with Crippen LogP contribution in [0.2, 0.25) is 19.6 Å². The number of phenols is 1. The van der Waals surface area contributed by atoms with Crippen molar-refractivity contribution in [2.45, 2.75) is 78.6 Å². The molecule has 2 N–H and O–H groups in total. The summed E-state index contributed by atoms with van der Waals surface area (Å²) >= 11 is 0. The van der Waals surface area contributed by atoms with Crippen molar-refractivity contribution in [3.8, 4) is 11.5 Å². The minimum Gasteiger partial charge on any atom is -0.508 e. The van der Waals surface area contributed by atoms with Crippen LogP contribution < -0.4 is 4.74 Å². The molecule has 3 atom stereocenters. The molecule has 29 heavy (non-hydrogen) atoms. The third kappa shape index (κ3) is 5.35. The molecule has 1 aliphatic carbocycles. The Morgan fingerprint density at radius 1 is 1.17 bits per heavy atom. The zero-order valence-electron chi connectivity index (χ0n) is 19.6. The van der Waals surface area contributed by atoms with E-state index in [-0.39, 0.29) is 17.1 Å². The molecule has 1 aromatic carbocycles. The van der Waals surface area contributed by atoms with E-state index in [2.05, 4.69) is 52.6 Å². The van der Waals surface area contributed by atoms with Gasteiger partial charge in [0.05, 0.1) is 20.8 Å². The number of hydrogen-bond acceptors (Lipinski definition) is 3. The molecule has 1 saturated carbocycles. The summed E-state index contributed by atoms with van der Waals surface area (Å²) < 4.78 is 5.38. The van der Waals surface area contributed by atoms with Crippen LogP contribution in [0.5, 0.6) is 11.5 Å². The third-order valence-corrected chi connectivity index (χ3v) is 8.97. The number of hydrogen-bond donors (Lipinski definition) is 2. The van der Waals surface area contributed by atoms with E-state index in [1.165, 1.54) is 10.8 Å². The van der Waals surface area contributed by atoms with E-state index in [0.717, 1.165) is 30.6 Å². The number of ether oxygens (including phenoxy) is 1. The van der Waals surface area contributed by atoms with Crippen LogP contribution in [-0.4, -0.2) is 31.0 Å². The van der Waals surface area contributed by atoms with Crippen molar-refractivity contribution in [3.05, 3.63) is 46.7 Å². The standard InChI is InChI=1S/C25H40O3Si/c1-18(2)10-13-23(29(6,7)8)24(3)14-9-15-25(4,27)22(24)17-19-16-20(28-5)11-12-21(19)26/h10-13,16,22,26-27H,9,14-15,17H2,1-8H3/b23-13-/t22-,24+,25+/m0/s1. The number of methoxy groups -OCH3 is 1. The molecule has 0 amide bonds. The molecule has 1 aromatic rings. The number of phenolic OH excluding ortho intramolecular Hbond substituents is 1. The second kappa shape index (κ2) is 8.69. The van der Waals surface area contributed by atoms with Crippen molar-refractivity contribution in [2.24, 2.45) is 11.3 Å². The van der Waals surface area contributed by atoms with Crippen LogP contribution in [-0.2, 0) is 6.42 Å². The highest BCUT2D eigenvalue weighted by molar-refractivity contribution is 6.83. The molecule has 162 valence electrons. The fraction of sp³-hybridized carbons (Fsp3) is 0.600. The summed E-state index contributed by atoms with van der Waals surface area (Å²) in [6, 6.07) is 5.38. The summed E-state index contributed by atoms with van der Waals surface area (Å²) in [6.45, 7) is 15.8. The number of benzene rings is 1. The normalized spacial score (nSPS) is 28.2. The minimum atomic E-state index is -1.65. The Balaban J connectivity index is 2.60. The molecule has 3 nitrogen and oxygen atoms in total. The maximum atomic E-state index is 11.5. The molecular formula is C25H40O3Si. The lowest BCUT2D eigenvalue weighted by molar-refractivity contribution is -0.0803.